The summed E-state index contributed by atoms with van der Waals surface area (Å²) in [5.41, 5.74) is 0. The quantitative estimate of drug-likeness (QED) is 0.180. The largest absolute Gasteiger partial charge is 0.481 e. The van der Waals surface area contributed by atoms with Crippen molar-refractivity contribution < 1.29 is 19.4 Å². The molecule has 0 spiro atoms. The molecule has 1 fully saturated rings. The number of esters is 1. The Balaban J connectivity index is 1.90. The second-order valence-electron chi connectivity index (χ2n) is 8.21. The molecule has 1 aliphatic rings. The van der Waals surface area contributed by atoms with Gasteiger partial charge in [-0.3, -0.25) is 9.59 Å². The number of aliphatic carboxylic acids is 1. The van der Waals surface area contributed by atoms with E-state index in [4.69, 9.17) is 4.74 Å². The fraction of sp³-hybridized carbons (Fsp3) is 0.833. The van der Waals surface area contributed by atoms with Crippen molar-refractivity contribution in [2.24, 2.45) is 11.8 Å². The van der Waals surface area contributed by atoms with Crippen LogP contribution in [-0.2, 0) is 14.3 Å². The molecule has 0 aliphatic heterocycles. The van der Waals surface area contributed by atoms with Crippen LogP contribution in [0.15, 0.2) is 12.2 Å². The molecule has 0 aromatic rings. The smallest absolute Gasteiger partial charge is 0.309 e. The van der Waals surface area contributed by atoms with E-state index < -0.39 is 17.8 Å². The first-order chi connectivity index (χ1) is 13.7. The molecule has 162 valence electrons. The highest BCUT2D eigenvalue weighted by atomic mass is 16.5. The van der Waals surface area contributed by atoms with Gasteiger partial charge >= 0.3 is 11.9 Å². The van der Waals surface area contributed by atoms with Crippen LogP contribution in [-0.4, -0.2) is 23.7 Å². The molecular formula is C24H42O4. The highest BCUT2D eigenvalue weighted by Gasteiger charge is 2.36. The maximum atomic E-state index is 12.2. The minimum atomic E-state index is -0.852. The molecule has 28 heavy (non-hydrogen) atoms. The van der Waals surface area contributed by atoms with Crippen LogP contribution in [0.1, 0.15) is 110 Å². The van der Waals surface area contributed by atoms with Crippen LogP contribution in [0, 0.1) is 11.8 Å². The third kappa shape index (κ3) is 11.5. The minimum absolute atomic E-state index is 0.294. The van der Waals surface area contributed by atoms with Crippen molar-refractivity contribution >= 4 is 11.9 Å². The van der Waals surface area contributed by atoms with Crippen molar-refractivity contribution in [2.75, 3.05) is 6.61 Å². The van der Waals surface area contributed by atoms with Crippen molar-refractivity contribution in [2.45, 2.75) is 110 Å². The number of rotatable bonds is 16. The number of unbranched alkanes of at least 4 members (excludes halogenated alkanes) is 10. The van der Waals surface area contributed by atoms with Gasteiger partial charge in [0.1, 0.15) is 0 Å². The summed E-state index contributed by atoms with van der Waals surface area (Å²) in [5, 5.41) is 9.25. The molecule has 0 aromatic heterocycles. The molecule has 0 bridgehead atoms. The van der Waals surface area contributed by atoms with Crippen molar-refractivity contribution in [1.29, 1.82) is 0 Å². The summed E-state index contributed by atoms with van der Waals surface area (Å²) in [4.78, 5) is 23.4. The summed E-state index contributed by atoms with van der Waals surface area (Å²) >= 11 is 0. The number of allylic oxidation sites excluding steroid dienone is 2. The van der Waals surface area contributed by atoms with Gasteiger partial charge in [-0.1, -0.05) is 83.3 Å². The Bertz CT molecular complexity index is 444. The molecular weight excluding hydrogens is 352 g/mol. The number of carboxylic acids is 1. The van der Waals surface area contributed by atoms with E-state index in [9.17, 15) is 14.7 Å². The van der Waals surface area contributed by atoms with Crippen molar-refractivity contribution in [3.63, 3.8) is 0 Å². The fourth-order valence-electron chi connectivity index (χ4n) is 4.05. The number of carbonyl (C=O) groups is 2. The zero-order chi connectivity index (χ0) is 20.5. The second-order valence-corrected chi connectivity index (χ2v) is 8.21. The van der Waals surface area contributed by atoms with Gasteiger partial charge in [0.25, 0.3) is 0 Å². The molecule has 0 radical (unpaired) electrons. The maximum absolute atomic E-state index is 12.2. The summed E-state index contributed by atoms with van der Waals surface area (Å²) in [7, 11) is 0. The first kappa shape index (κ1) is 24.7. The standard InChI is InChI=1S/C24H42O4/c1-2-3-4-5-6-7-8-9-10-11-12-13-14-17-20-28-24(27)22-19-16-15-18-21(22)23(25)26/h3-4,21-22H,2,5-20H2,1H3,(H,25,26)/b4-3+. The molecule has 0 heterocycles. The third-order valence-electron chi connectivity index (χ3n) is 5.80. The van der Waals surface area contributed by atoms with Crippen LogP contribution in [0.5, 0.6) is 0 Å². The Labute approximate surface area is 172 Å². The fourth-order valence-corrected chi connectivity index (χ4v) is 4.05. The highest BCUT2D eigenvalue weighted by Crippen LogP contribution is 2.31. The van der Waals surface area contributed by atoms with E-state index in [2.05, 4.69) is 19.1 Å². The zero-order valence-corrected chi connectivity index (χ0v) is 18.0. The zero-order valence-electron chi connectivity index (χ0n) is 18.0. The van der Waals surface area contributed by atoms with Crippen LogP contribution >= 0.6 is 0 Å². The molecule has 1 N–H and O–H groups in total. The third-order valence-corrected chi connectivity index (χ3v) is 5.80. The molecule has 1 rings (SSSR count). The van der Waals surface area contributed by atoms with Crippen LogP contribution in [0.3, 0.4) is 0 Å². The first-order valence-corrected chi connectivity index (χ1v) is 11.7. The van der Waals surface area contributed by atoms with E-state index in [1.54, 1.807) is 0 Å². The van der Waals surface area contributed by atoms with E-state index in [0.717, 1.165) is 32.1 Å². The lowest BCUT2D eigenvalue weighted by Gasteiger charge is -2.26. The van der Waals surface area contributed by atoms with Crippen molar-refractivity contribution in [3.8, 4) is 0 Å². The molecule has 2 unspecified atom stereocenters. The lowest BCUT2D eigenvalue weighted by Crippen LogP contribution is -2.33. The number of carbonyl (C=O) groups excluding carboxylic acids is 1. The minimum Gasteiger partial charge on any atom is -0.481 e. The molecule has 1 aliphatic carbocycles. The Morgan fingerprint density at radius 3 is 1.93 bits per heavy atom. The van der Waals surface area contributed by atoms with Crippen LogP contribution in [0.4, 0.5) is 0 Å². The molecule has 0 saturated heterocycles. The average molecular weight is 395 g/mol. The van der Waals surface area contributed by atoms with E-state index in [-0.39, 0.29) is 5.97 Å². The summed E-state index contributed by atoms with van der Waals surface area (Å²) in [6.07, 6.45) is 22.5. The Morgan fingerprint density at radius 2 is 1.36 bits per heavy atom. The molecule has 0 amide bonds. The average Bonchev–Trinajstić information content (AvgIpc) is 2.70. The monoisotopic (exact) mass is 394 g/mol. The summed E-state index contributed by atoms with van der Waals surface area (Å²) in [5.74, 6) is -2.13. The van der Waals surface area contributed by atoms with Gasteiger partial charge in [-0.15, -0.1) is 0 Å². The lowest BCUT2D eigenvalue weighted by atomic mass is 9.79. The number of hydrogen-bond donors (Lipinski definition) is 1. The molecule has 1 saturated carbocycles. The van der Waals surface area contributed by atoms with Crippen LogP contribution in [0.2, 0.25) is 0 Å². The normalized spacial score (nSPS) is 19.8. The van der Waals surface area contributed by atoms with Crippen LogP contribution in [0.25, 0.3) is 0 Å². The van der Waals surface area contributed by atoms with E-state index >= 15 is 0 Å². The summed E-state index contributed by atoms with van der Waals surface area (Å²) < 4.78 is 5.36. The molecule has 4 nitrogen and oxygen atoms in total. The Morgan fingerprint density at radius 1 is 0.821 bits per heavy atom. The predicted octanol–water partition coefficient (Wildman–Crippen LogP) is 6.68. The Kier molecular flexibility index (Phi) is 14.7. The van der Waals surface area contributed by atoms with Gasteiger partial charge in [0, 0.05) is 0 Å². The van der Waals surface area contributed by atoms with Gasteiger partial charge in [-0.05, 0) is 38.5 Å². The van der Waals surface area contributed by atoms with Crippen LogP contribution < -0.4 is 0 Å². The molecule has 4 heteroatoms. The number of ether oxygens (including phenoxy) is 1. The van der Waals surface area contributed by atoms with Gasteiger partial charge in [0.2, 0.25) is 0 Å². The first-order valence-electron chi connectivity index (χ1n) is 11.7. The van der Waals surface area contributed by atoms with Gasteiger partial charge in [-0.25, -0.2) is 0 Å². The van der Waals surface area contributed by atoms with Gasteiger partial charge in [0.05, 0.1) is 18.4 Å². The number of carboxylic acid groups (broad SMARTS) is 1. The lowest BCUT2D eigenvalue weighted by molar-refractivity contribution is -0.159. The summed E-state index contributed by atoms with van der Waals surface area (Å²) in [6, 6.07) is 0. The Hall–Kier alpha value is -1.32. The molecule has 0 aromatic carbocycles. The summed E-state index contributed by atoms with van der Waals surface area (Å²) in [6.45, 7) is 2.62. The predicted molar refractivity (Wildman–Crippen MR) is 114 cm³/mol. The second kappa shape index (κ2) is 16.6. The van der Waals surface area contributed by atoms with E-state index in [0.29, 0.717) is 19.4 Å². The maximum Gasteiger partial charge on any atom is 0.309 e. The van der Waals surface area contributed by atoms with Crippen molar-refractivity contribution in [3.05, 3.63) is 12.2 Å². The van der Waals surface area contributed by atoms with Gasteiger partial charge < -0.3 is 9.84 Å². The SMILES string of the molecule is CC/C=C/CCCCCCCCCCCCOC(=O)C1CCCCC1C(=O)O. The molecule has 2 atom stereocenters. The van der Waals surface area contributed by atoms with Gasteiger partial charge in [-0.2, -0.15) is 0 Å². The van der Waals surface area contributed by atoms with E-state index in [1.807, 2.05) is 0 Å². The highest BCUT2D eigenvalue weighted by molar-refractivity contribution is 5.81. The topological polar surface area (TPSA) is 63.6 Å². The van der Waals surface area contributed by atoms with E-state index in [1.165, 1.54) is 57.8 Å². The number of hydrogen-bond acceptors (Lipinski definition) is 3. The van der Waals surface area contributed by atoms with Crippen molar-refractivity contribution in [1.82, 2.24) is 0 Å². The van der Waals surface area contributed by atoms with Gasteiger partial charge in [0.15, 0.2) is 0 Å².